The Balaban J connectivity index is 2.08. The summed E-state index contributed by atoms with van der Waals surface area (Å²) in [5, 5.41) is 2.93. The summed E-state index contributed by atoms with van der Waals surface area (Å²) in [6, 6.07) is 15.2. The molecule has 0 aliphatic heterocycles. The predicted octanol–water partition coefficient (Wildman–Crippen LogP) is 3.91. The number of aryl methyl sites for hydroxylation is 1. The van der Waals surface area contributed by atoms with Gasteiger partial charge in [-0.25, -0.2) is 0 Å². The molecular weight excluding hydrogens is 376 g/mol. The molecule has 0 spiro atoms. The van der Waals surface area contributed by atoms with E-state index in [1.54, 1.807) is 11.8 Å². The van der Waals surface area contributed by atoms with Crippen LogP contribution in [0, 0.1) is 19.8 Å². The number of carbonyl (C=O) groups excluding carboxylic acids is 2. The highest BCUT2D eigenvalue weighted by Crippen LogP contribution is 2.20. The van der Waals surface area contributed by atoms with Crippen LogP contribution in [0.25, 0.3) is 0 Å². The molecule has 1 atom stereocenters. The fourth-order valence-electron chi connectivity index (χ4n) is 3.13. The monoisotopic (exact) mass is 410 g/mol. The summed E-state index contributed by atoms with van der Waals surface area (Å²) in [6.45, 7) is 10.8. The van der Waals surface area contributed by atoms with Gasteiger partial charge in [0.05, 0.1) is 0 Å². The number of carbonyl (C=O) groups is 2. The van der Waals surface area contributed by atoms with Gasteiger partial charge >= 0.3 is 0 Å². The molecule has 0 aliphatic carbocycles. The first-order valence-corrected chi connectivity index (χ1v) is 10.6. The van der Waals surface area contributed by atoms with Crippen LogP contribution in [0.5, 0.6) is 5.75 Å². The molecule has 0 saturated heterocycles. The van der Waals surface area contributed by atoms with Crippen molar-refractivity contribution in [3.63, 3.8) is 0 Å². The average Bonchev–Trinajstić information content (AvgIpc) is 2.73. The van der Waals surface area contributed by atoms with Crippen molar-refractivity contribution in [2.45, 2.75) is 47.1 Å². The molecule has 0 bridgehead atoms. The van der Waals surface area contributed by atoms with Crippen molar-refractivity contribution < 1.29 is 14.3 Å². The molecule has 0 aromatic heterocycles. The first kappa shape index (κ1) is 23.5. The summed E-state index contributed by atoms with van der Waals surface area (Å²) in [6.07, 6.45) is 0.678. The van der Waals surface area contributed by atoms with E-state index in [0.29, 0.717) is 31.2 Å². The third-order valence-corrected chi connectivity index (χ3v) is 5.24. The molecule has 2 aromatic carbocycles. The Hall–Kier alpha value is -2.82. The number of ether oxygens (including phenoxy) is 1. The summed E-state index contributed by atoms with van der Waals surface area (Å²) in [4.78, 5) is 27.3. The van der Waals surface area contributed by atoms with Gasteiger partial charge in [0.15, 0.2) is 6.61 Å². The van der Waals surface area contributed by atoms with E-state index in [1.165, 1.54) is 0 Å². The summed E-state index contributed by atoms with van der Waals surface area (Å²) < 4.78 is 5.82. The molecular formula is C25H34N2O3. The first-order valence-electron chi connectivity index (χ1n) is 10.6. The van der Waals surface area contributed by atoms with Gasteiger partial charge in [-0.3, -0.25) is 9.59 Å². The Kier molecular flexibility index (Phi) is 8.90. The van der Waals surface area contributed by atoms with Gasteiger partial charge in [-0.05, 0) is 55.9 Å². The lowest BCUT2D eigenvalue weighted by molar-refractivity contribution is -0.141. The fraction of sp³-hybridized carbons (Fsp3) is 0.440. The van der Waals surface area contributed by atoms with Gasteiger partial charge in [-0.2, -0.15) is 0 Å². The van der Waals surface area contributed by atoms with Crippen molar-refractivity contribution in [1.29, 1.82) is 0 Å². The van der Waals surface area contributed by atoms with E-state index in [9.17, 15) is 9.59 Å². The Labute approximate surface area is 180 Å². The molecule has 162 valence electrons. The minimum Gasteiger partial charge on any atom is -0.483 e. The minimum absolute atomic E-state index is 0.0963. The SMILES string of the molecule is Cc1cccc(OCC(=O)N(CCc2ccccc2)C(C)C(=O)NCC(C)C)c1C. The van der Waals surface area contributed by atoms with Crippen LogP contribution in [-0.4, -0.2) is 42.5 Å². The molecule has 1 N–H and O–H groups in total. The summed E-state index contributed by atoms with van der Waals surface area (Å²) >= 11 is 0. The van der Waals surface area contributed by atoms with Crippen LogP contribution in [0.3, 0.4) is 0 Å². The molecule has 0 aliphatic rings. The van der Waals surface area contributed by atoms with Crippen molar-refractivity contribution in [3.8, 4) is 5.75 Å². The third-order valence-electron chi connectivity index (χ3n) is 5.24. The Bertz CT molecular complexity index is 834. The molecule has 5 heteroatoms. The average molecular weight is 411 g/mol. The van der Waals surface area contributed by atoms with Crippen molar-refractivity contribution in [1.82, 2.24) is 10.2 Å². The normalized spacial score (nSPS) is 11.8. The van der Waals surface area contributed by atoms with Crippen LogP contribution in [0.1, 0.15) is 37.5 Å². The maximum absolute atomic E-state index is 13.0. The zero-order chi connectivity index (χ0) is 22.1. The second kappa shape index (κ2) is 11.4. The van der Waals surface area contributed by atoms with E-state index in [-0.39, 0.29) is 18.4 Å². The second-order valence-electron chi connectivity index (χ2n) is 8.12. The third kappa shape index (κ3) is 6.90. The lowest BCUT2D eigenvalue weighted by Gasteiger charge is -2.29. The van der Waals surface area contributed by atoms with Crippen LogP contribution in [-0.2, 0) is 16.0 Å². The summed E-state index contributed by atoms with van der Waals surface area (Å²) in [5.74, 6) is 0.710. The highest BCUT2D eigenvalue weighted by molar-refractivity contribution is 5.88. The topological polar surface area (TPSA) is 58.6 Å². The number of nitrogens with zero attached hydrogens (tertiary/aromatic N) is 1. The van der Waals surface area contributed by atoms with Crippen LogP contribution >= 0.6 is 0 Å². The van der Waals surface area contributed by atoms with E-state index in [1.807, 2.05) is 76.2 Å². The molecule has 30 heavy (non-hydrogen) atoms. The zero-order valence-corrected chi connectivity index (χ0v) is 18.8. The van der Waals surface area contributed by atoms with Crippen LogP contribution in [0.15, 0.2) is 48.5 Å². The number of amides is 2. The highest BCUT2D eigenvalue weighted by atomic mass is 16.5. The maximum Gasteiger partial charge on any atom is 0.261 e. The molecule has 0 heterocycles. The number of rotatable bonds is 10. The molecule has 0 fully saturated rings. The van der Waals surface area contributed by atoms with Crippen LogP contribution in [0.4, 0.5) is 0 Å². The van der Waals surface area contributed by atoms with E-state index >= 15 is 0 Å². The predicted molar refractivity (Wildman–Crippen MR) is 121 cm³/mol. The lowest BCUT2D eigenvalue weighted by Crippen LogP contribution is -2.50. The van der Waals surface area contributed by atoms with Crippen LogP contribution in [0.2, 0.25) is 0 Å². The van der Waals surface area contributed by atoms with Gasteiger partial charge in [0.2, 0.25) is 5.91 Å². The van der Waals surface area contributed by atoms with E-state index in [0.717, 1.165) is 16.7 Å². The van der Waals surface area contributed by atoms with Crippen LogP contribution < -0.4 is 10.1 Å². The molecule has 0 saturated carbocycles. The van der Waals surface area contributed by atoms with Gasteiger partial charge < -0.3 is 15.0 Å². The zero-order valence-electron chi connectivity index (χ0n) is 18.8. The van der Waals surface area contributed by atoms with E-state index < -0.39 is 6.04 Å². The minimum atomic E-state index is -0.567. The van der Waals surface area contributed by atoms with Gasteiger partial charge in [-0.1, -0.05) is 56.3 Å². The molecule has 5 nitrogen and oxygen atoms in total. The largest absolute Gasteiger partial charge is 0.483 e. The highest BCUT2D eigenvalue weighted by Gasteiger charge is 2.26. The second-order valence-corrected chi connectivity index (χ2v) is 8.12. The van der Waals surface area contributed by atoms with Crippen molar-refractivity contribution in [2.75, 3.05) is 19.7 Å². The fourth-order valence-corrected chi connectivity index (χ4v) is 3.13. The van der Waals surface area contributed by atoms with E-state index in [4.69, 9.17) is 4.74 Å². The molecule has 2 rings (SSSR count). The summed E-state index contributed by atoms with van der Waals surface area (Å²) in [5.41, 5.74) is 3.26. The Morgan fingerprint density at radius 3 is 2.37 bits per heavy atom. The molecule has 0 radical (unpaired) electrons. The number of nitrogens with one attached hydrogen (secondary N) is 1. The standard InChI is InChI=1S/C25H34N2O3/c1-18(2)16-26-25(29)21(5)27(15-14-22-11-7-6-8-12-22)24(28)17-30-23-13-9-10-19(3)20(23)4/h6-13,18,21H,14-17H2,1-5H3,(H,26,29). The van der Waals surface area contributed by atoms with Gasteiger partial charge in [0.1, 0.15) is 11.8 Å². The van der Waals surface area contributed by atoms with Gasteiger partial charge in [0.25, 0.3) is 5.91 Å². The summed E-state index contributed by atoms with van der Waals surface area (Å²) in [7, 11) is 0. The smallest absolute Gasteiger partial charge is 0.261 e. The Morgan fingerprint density at radius 1 is 1.00 bits per heavy atom. The molecule has 1 unspecified atom stereocenters. The maximum atomic E-state index is 13.0. The lowest BCUT2D eigenvalue weighted by atomic mass is 10.1. The van der Waals surface area contributed by atoms with Crippen molar-refractivity contribution in [3.05, 3.63) is 65.2 Å². The van der Waals surface area contributed by atoms with Crippen molar-refractivity contribution >= 4 is 11.8 Å². The molecule has 2 aromatic rings. The van der Waals surface area contributed by atoms with Crippen molar-refractivity contribution in [2.24, 2.45) is 5.92 Å². The molecule has 2 amide bonds. The first-order chi connectivity index (χ1) is 14.3. The van der Waals surface area contributed by atoms with E-state index in [2.05, 4.69) is 5.32 Å². The Morgan fingerprint density at radius 2 is 1.70 bits per heavy atom. The number of hydrogen-bond donors (Lipinski definition) is 1. The van der Waals surface area contributed by atoms with Gasteiger partial charge in [0, 0.05) is 13.1 Å². The number of benzene rings is 2. The van der Waals surface area contributed by atoms with Gasteiger partial charge in [-0.15, -0.1) is 0 Å². The quantitative estimate of drug-likeness (QED) is 0.646. The number of hydrogen-bond acceptors (Lipinski definition) is 3.